The van der Waals surface area contributed by atoms with Crippen LogP contribution in [0.2, 0.25) is 0 Å². The van der Waals surface area contributed by atoms with E-state index in [2.05, 4.69) is 29.3 Å². The zero-order valence-corrected chi connectivity index (χ0v) is 14.3. The van der Waals surface area contributed by atoms with Crippen LogP contribution in [0.4, 0.5) is 0 Å². The highest BCUT2D eigenvalue weighted by Crippen LogP contribution is 2.29. The lowest BCUT2D eigenvalue weighted by Gasteiger charge is -2.30. The summed E-state index contributed by atoms with van der Waals surface area (Å²) in [5.74, 6) is 0.448. The van der Waals surface area contributed by atoms with Crippen LogP contribution in [0, 0.1) is 12.8 Å². The number of fused-ring (bicyclic) bond motifs is 1. The molecule has 3 rings (SSSR count). The van der Waals surface area contributed by atoms with Crippen LogP contribution in [0.5, 0.6) is 0 Å². The Hall–Kier alpha value is -1.92. The summed E-state index contributed by atoms with van der Waals surface area (Å²) in [4.78, 5) is 12.4. The molecule has 0 bridgehead atoms. The molecule has 1 fully saturated rings. The summed E-state index contributed by atoms with van der Waals surface area (Å²) in [7, 11) is 3.61. The number of aryl methyl sites for hydroxylation is 1. The molecule has 0 spiro atoms. The van der Waals surface area contributed by atoms with Crippen molar-refractivity contribution in [1.82, 2.24) is 25.5 Å². The molecule has 124 valence electrons. The zero-order valence-electron chi connectivity index (χ0n) is 14.3. The number of hydrogen-bond donors (Lipinski definition) is 2. The van der Waals surface area contributed by atoms with E-state index < -0.39 is 0 Å². The molecule has 2 unspecified atom stereocenters. The molecular formula is C17H25N5O. The number of hydrogen-bond acceptors (Lipinski definition) is 4. The summed E-state index contributed by atoms with van der Waals surface area (Å²) >= 11 is 0. The Morgan fingerprint density at radius 1 is 1.43 bits per heavy atom. The predicted octanol–water partition coefficient (Wildman–Crippen LogP) is 1.72. The van der Waals surface area contributed by atoms with Gasteiger partial charge in [0.05, 0.1) is 11.6 Å². The minimum Gasteiger partial charge on any atom is -0.315 e. The highest BCUT2D eigenvalue weighted by atomic mass is 16.2. The van der Waals surface area contributed by atoms with Crippen molar-refractivity contribution in [2.45, 2.75) is 26.3 Å². The summed E-state index contributed by atoms with van der Waals surface area (Å²) in [5, 5.41) is 11.0. The van der Waals surface area contributed by atoms with E-state index in [0.29, 0.717) is 17.5 Å². The van der Waals surface area contributed by atoms with Crippen molar-refractivity contribution in [3.05, 3.63) is 29.5 Å². The molecule has 1 aliphatic rings. The fraction of sp³-hybridized carbons (Fsp3) is 0.529. The van der Waals surface area contributed by atoms with Gasteiger partial charge < -0.3 is 5.32 Å². The van der Waals surface area contributed by atoms with Gasteiger partial charge in [0.25, 0.3) is 5.91 Å². The number of amides is 1. The van der Waals surface area contributed by atoms with Crippen molar-refractivity contribution < 1.29 is 4.79 Å². The van der Waals surface area contributed by atoms with E-state index in [9.17, 15) is 4.79 Å². The molecule has 6 nitrogen and oxygen atoms in total. The standard InChI is InChI=1S/C17H25N5O/c1-11-8-9-18-10-15(11)22-12(2)13-6-5-7-14(16(13)19-22)17(23)20-21(3)4/h5-7,11,15,18H,8-10H2,1-4H3,(H,20,23). The van der Waals surface area contributed by atoms with Gasteiger partial charge in [-0.05, 0) is 31.9 Å². The van der Waals surface area contributed by atoms with Crippen LogP contribution in [-0.2, 0) is 0 Å². The first-order valence-corrected chi connectivity index (χ1v) is 8.16. The number of carbonyl (C=O) groups excluding carboxylic acids is 1. The summed E-state index contributed by atoms with van der Waals surface area (Å²) in [6, 6.07) is 6.14. The lowest BCUT2D eigenvalue weighted by atomic mass is 9.95. The number of aromatic nitrogens is 2. The fourth-order valence-corrected chi connectivity index (χ4v) is 3.32. The average molecular weight is 315 g/mol. The number of nitrogens with one attached hydrogen (secondary N) is 2. The van der Waals surface area contributed by atoms with Gasteiger partial charge in [0.1, 0.15) is 5.52 Å². The van der Waals surface area contributed by atoms with Crippen LogP contribution in [0.1, 0.15) is 35.4 Å². The molecule has 2 atom stereocenters. The van der Waals surface area contributed by atoms with E-state index in [-0.39, 0.29) is 5.91 Å². The maximum absolute atomic E-state index is 12.4. The van der Waals surface area contributed by atoms with Crippen molar-refractivity contribution >= 4 is 16.8 Å². The molecule has 0 radical (unpaired) electrons. The maximum atomic E-state index is 12.4. The molecule has 23 heavy (non-hydrogen) atoms. The van der Waals surface area contributed by atoms with E-state index >= 15 is 0 Å². The number of rotatable bonds is 3. The van der Waals surface area contributed by atoms with E-state index in [1.165, 1.54) is 0 Å². The number of nitrogens with zero attached hydrogens (tertiary/aromatic N) is 3. The highest BCUT2D eigenvalue weighted by molar-refractivity contribution is 6.05. The molecular weight excluding hydrogens is 290 g/mol. The SMILES string of the molecule is Cc1c2cccc(C(=O)NN(C)C)c2nn1C1CNCCC1C. The fourth-order valence-electron chi connectivity index (χ4n) is 3.32. The van der Waals surface area contributed by atoms with Gasteiger partial charge in [0.2, 0.25) is 0 Å². The summed E-state index contributed by atoms with van der Waals surface area (Å²) < 4.78 is 2.11. The minimum absolute atomic E-state index is 0.125. The maximum Gasteiger partial charge on any atom is 0.267 e. The predicted molar refractivity (Wildman–Crippen MR) is 91.3 cm³/mol. The average Bonchev–Trinajstić information content (AvgIpc) is 2.84. The van der Waals surface area contributed by atoms with Gasteiger partial charge in [0, 0.05) is 31.7 Å². The molecule has 1 aromatic heterocycles. The van der Waals surface area contributed by atoms with Crippen LogP contribution in [-0.4, -0.2) is 47.9 Å². The molecule has 2 aromatic rings. The second-order valence-corrected chi connectivity index (χ2v) is 6.60. The topological polar surface area (TPSA) is 62.2 Å². The van der Waals surface area contributed by atoms with Gasteiger partial charge in [-0.1, -0.05) is 19.1 Å². The van der Waals surface area contributed by atoms with Gasteiger partial charge in [-0.15, -0.1) is 0 Å². The Balaban J connectivity index is 2.05. The van der Waals surface area contributed by atoms with Gasteiger partial charge in [-0.3, -0.25) is 14.9 Å². The zero-order chi connectivity index (χ0) is 16.6. The van der Waals surface area contributed by atoms with Gasteiger partial charge in [0.15, 0.2) is 0 Å². The molecule has 1 saturated heterocycles. The van der Waals surface area contributed by atoms with Crippen LogP contribution >= 0.6 is 0 Å². The van der Waals surface area contributed by atoms with Crippen molar-refractivity contribution in [3.63, 3.8) is 0 Å². The van der Waals surface area contributed by atoms with E-state index in [1.54, 1.807) is 19.1 Å². The number of carbonyl (C=O) groups is 1. The monoisotopic (exact) mass is 315 g/mol. The number of benzene rings is 1. The number of hydrazine groups is 1. The molecule has 1 aliphatic heterocycles. The third kappa shape index (κ3) is 2.96. The molecule has 2 heterocycles. The van der Waals surface area contributed by atoms with Gasteiger partial charge >= 0.3 is 0 Å². The number of piperidine rings is 1. The quantitative estimate of drug-likeness (QED) is 0.847. The molecule has 6 heteroatoms. The van der Waals surface area contributed by atoms with E-state index in [4.69, 9.17) is 5.10 Å². The summed E-state index contributed by atoms with van der Waals surface area (Å²) in [6.45, 7) is 6.35. The van der Waals surface area contributed by atoms with Crippen LogP contribution in [0.3, 0.4) is 0 Å². The van der Waals surface area contributed by atoms with Crippen LogP contribution in [0.25, 0.3) is 10.9 Å². The second-order valence-electron chi connectivity index (χ2n) is 6.60. The smallest absolute Gasteiger partial charge is 0.267 e. The summed E-state index contributed by atoms with van der Waals surface area (Å²) in [5.41, 5.74) is 5.33. The normalized spacial score (nSPS) is 21.8. The van der Waals surface area contributed by atoms with E-state index in [0.717, 1.165) is 36.1 Å². The third-order valence-corrected chi connectivity index (χ3v) is 4.65. The van der Waals surface area contributed by atoms with Crippen molar-refractivity contribution in [3.8, 4) is 0 Å². The van der Waals surface area contributed by atoms with Crippen molar-refractivity contribution in [1.29, 1.82) is 0 Å². The Kier molecular flexibility index (Phi) is 4.37. The molecule has 0 aliphatic carbocycles. The second kappa shape index (κ2) is 6.29. The summed E-state index contributed by atoms with van der Waals surface area (Å²) in [6.07, 6.45) is 1.15. The Bertz CT molecular complexity index is 721. The van der Waals surface area contributed by atoms with Crippen LogP contribution in [0.15, 0.2) is 18.2 Å². The first-order valence-electron chi connectivity index (χ1n) is 8.16. The van der Waals surface area contributed by atoms with E-state index in [1.807, 2.05) is 18.2 Å². The molecule has 2 N–H and O–H groups in total. The largest absolute Gasteiger partial charge is 0.315 e. The lowest BCUT2D eigenvalue weighted by molar-refractivity contribution is 0.0858. The van der Waals surface area contributed by atoms with Gasteiger partial charge in [-0.25, -0.2) is 5.01 Å². The Labute approximate surface area is 136 Å². The first-order chi connectivity index (χ1) is 11.0. The lowest BCUT2D eigenvalue weighted by Crippen LogP contribution is -2.38. The highest BCUT2D eigenvalue weighted by Gasteiger charge is 2.26. The van der Waals surface area contributed by atoms with Gasteiger partial charge in [-0.2, -0.15) is 5.10 Å². The van der Waals surface area contributed by atoms with Crippen molar-refractivity contribution in [2.24, 2.45) is 5.92 Å². The molecule has 1 amide bonds. The molecule has 1 aromatic carbocycles. The first kappa shape index (κ1) is 16.0. The Morgan fingerprint density at radius 3 is 2.91 bits per heavy atom. The Morgan fingerprint density at radius 2 is 2.22 bits per heavy atom. The van der Waals surface area contributed by atoms with Crippen LogP contribution < -0.4 is 10.7 Å². The van der Waals surface area contributed by atoms with Crippen molar-refractivity contribution in [2.75, 3.05) is 27.2 Å². The third-order valence-electron chi connectivity index (χ3n) is 4.65. The minimum atomic E-state index is -0.125. The molecule has 0 saturated carbocycles.